The summed E-state index contributed by atoms with van der Waals surface area (Å²) >= 11 is 7.36. The summed E-state index contributed by atoms with van der Waals surface area (Å²) < 4.78 is 11.0. The molecule has 128 valence electrons. The third-order valence-electron chi connectivity index (χ3n) is 3.35. The minimum atomic E-state index is -0.350. The number of hydrogen-bond acceptors (Lipinski definition) is 6. The van der Waals surface area contributed by atoms with Gasteiger partial charge in [0.2, 0.25) is 5.13 Å². The van der Waals surface area contributed by atoms with Gasteiger partial charge in [0.1, 0.15) is 23.6 Å². The smallest absolute Gasteiger partial charge is 0.261 e. The van der Waals surface area contributed by atoms with Crippen molar-refractivity contribution in [2.75, 3.05) is 12.4 Å². The number of anilines is 1. The Labute approximate surface area is 153 Å². The van der Waals surface area contributed by atoms with Crippen molar-refractivity contribution in [1.29, 1.82) is 0 Å². The van der Waals surface area contributed by atoms with Crippen molar-refractivity contribution in [3.8, 4) is 11.5 Å². The van der Waals surface area contributed by atoms with Crippen molar-refractivity contribution in [3.63, 3.8) is 0 Å². The second-order valence-electron chi connectivity index (χ2n) is 4.94. The summed E-state index contributed by atoms with van der Waals surface area (Å²) in [6.45, 7) is 0.295. The van der Waals surface area contributed by atoms with Gasteiger partial charge >= 0.3 is 0 Å². The Hall–Kier alpha value is -2.64. The number of ether oxygens (including phenoxy) is 2. The van der Waals surface area contributed by atoms with Gasteiger partial charge in [-0.05, 0) is 24.3 Å². The minimum Gasteiger partial charge on any atom is -0.496 e. The number of benzene rings is 2. The Kier molecular flexibility index (Phi) is 5.47. The predicted molar refractivity (Wildman–Crippen MR) is 96.6 cm³/mol. The second kappa shape index (κ2) is 7.96. The van der Waals surface area contributed by atoms with Gasteiger partial charge < -0.3 is 9.47 Å². The second-order valence-corrected chi connectivity index (χ2v) is 6.18. The number of nitrogens with one attached hydrogen (secondary N) is 1. The summed E-state index contributed by atoms with van der Waals surface area (Å²) in [6.07, 6.45) is 0. The number of nitrogens with zero attached hydrogens (tertiary/aromatic N) is 2. The fourth-order valence-corrected chi connectivity index (χ4v) is 2.75. The lowest BCUT2D eigenvalue weighted by molar-refractivity contribution is 0.102. The van der Waals surface area contributed by atoms with Gasteiger partial charge in [0.15, 0.2) is 0 Å². The summed E-state index contributed by atoms with van der Waals surface area (Å²) in [5.41, 5.74) is 2.74. The van der Waals surface area contributed by atoms with Crippen molar-refractivity contribution in [3.05, 3.63) is 64.1 Å². The molecular weight excluding hydrogens is 362 g/mol. The molecule has 3 aromatic rings. The third kappa shape index (κ3) is 4.26. The van der Waals surface area contributed by atoms with E-state index in [0.29, 0.717) is 33.8 Å². The lowest BCUT2D eigenvalue weighted by Crippen LogP contribution is -2.13. The maximum absolute atomic E-state index is 12.4. The van der Waals surface area contributed by atoms with E-state index in [1.165, 1.54) is 24.0 Å². The van der Waals surface area contributed by atoms with Gasteiger partial charge in [0.25, 0.3) is 5.91 Å². The molecule has 0 saturated heterocycles. The van der Waals surface area contributed by atoms with E-state index >= 15 is 0 Å². The van der Waals surface area contributed by atoms with Crippen molar-refractivity contribution < 1.29 is 14.3 Å². The molecule has 0 radical (unpaired) electrons. The molecule has 0 atom stereocenters. The average molecular weight is 376 g/mol. The largest absolute Gasteiger partial charge is 0.496 e. The van der Waals surface area contributed by atoms with Crippen LogP contribution < -0.4 is 14.8 Å². The van der Waals surface area contributed by atoms with Crippen LogP contribution in [0.15, 0.2) is 48.0 Å². The number of aromatic nitrogens is 2. The molecule has 1 amide bonds. The molecule has 0 aliphatic carbocycles. The lowest BCUT2D eigenvalue weighted by atomic mass is 10.1. The van der Waals surface area contributed by atoms with Crippen LogP contribution in [0, 0.1) is 0 Å². The van der Waals surface area contributed by atoms with Gasteiger partial charge in [-0.2, -0.15) is 0 Å². The highest BCUT2D eigenvalue weighted by Gasteiger charge is 2.15. The molecule has 1 N–H and O–H groups in total. The normalized spacial score (nSPS) is 10.3. The molecule has 1 aromatic heterocycles. The molecule has 8 heteroatoms. The number of carbonyl (C=O) groups excluding carboxylic acids is 1. The van der Waals surface area contributed by atoms with E-state index in [4.69, 9.17) is 21.1 Å². The van der Waals surface area contributed by atoms with Gasteiger partial charge in [-0.15, -0.1) is 10.2 Å². The highest BCUT2D eigenvalue weighted by atomic mass is 35.5. The van der Waals surface area contributed by atoms with Crippen LogP contribution in [-0.4, -0.2) is 23.2 Å². The van der Waals surface area contributed by atoms with Gasteiger partial charge in [-0.1, -0.05) is 41.1 Å². The number of halogens is 1. The first-order chi connectivity index (χ1) is 12.2. The van der Waals surface area contributed by atoms with E-state index in [1.54, 1.807) is 24.3 Å². The van der Waals surface area contributed by atoms with Crippen LogP contribution in [0.1, 0.15) is 15.9 Å². The first kappa shape index (κ1) is 17.2. The molecule has 0 aliphatic heterocycles. The first-order valence-electron chi connectivity index (χ1n) is 7.29. The van der Waals surface area contributed by atoms with E-state index in [-0.39, 0.29) is 5.91 Å². The van der Waals surface area contributed by atoms with E-state index in [1.807, 2.05) is 18.2 Å². The van der Waals surface area contributed by atoms with Crippen LogP contribution in [0.5, 0.6) is 11.5 Å². The highest BCUT2D eigenvalue weighted by Crippen LogP contribution is 2.26. The number of carbonyl (C=O) groups is 1. The Bertz CT molecular complexity index is 871. The fourth-order valence-electron chi connectivity index (χ4n) is 2.12. The van der Waals surface area contributed by atoms with Crippen molar-refractivity contribution in [2.24, 2.45) is 0 Å². The fraction of sp³-hybridized carbons (Fsp3) is 0.118. The first-order valence-corrected chi connectivity index (χ1v) is 8.55. The Morgan fingerprint density at radius 2 is 2.12 bits per heavy atom. The molecule has 25 heavy (non-hydrogen) atoms. The molecule has 0 bridgehead atoms. The van der Waals surface area contributed by atoms with Crippen LogP contribution in [0.4, 0.5) is 5.13 Å². The van der Waals surface area contributed by atoms with Crippen LogP contribution in [-0.2, 0) is 6.61 Å². The highest BCUT2D eigenvalue weighted by molar-refractivity contribution is 7.13. The number of amides is 1. The molecule has 0 aliphatic rings. The Morgan fingerprint density at radius 3 is 2.84 bits per heavy atom. The molecule has 0 saturated carbocycles. The number of hydrogen-bond donors (Lipinski definition) is 1. The van der Waals surface area contributed by atoms with Crippen molar-refractivity contribution in [1.82, 2.24) is 10.2 Å². The van der Waals surface area contributed by atoms with Crippen molar-refractivity contribution in [2.45, 2.75) is 6.61 Å². The predicted octanol–water partition coefficient (Wildman–Crippen LogP) is 4.03. The van der Waals surface area contributed by atoms with Gasteiger partial charge in [-0.3, -0.25) is 10.1 Å². The molecule has 0 fully saturated rings. The Balaban J connectivity index is 1.77. The third-order valence-corrected chi connectivity index (χ3v) is 4.32. The molecule has 6 nitrogen and oxygen atoms in total. The van der Waals surface area contributed by atoms with Gasteiger partial charge in [-0.25, -0.2) is 0 Å². The van der Waals surface area contributed by atoms with E-state index in [0.717, 1.165) is 5.56 Å². The zero-order chi connectivity index (χ0) is 17.6. The number of rotatable bonds is 6. The summed E-state index contributed by atoms with van der Waals surface area (Å²) in [4.78, 5) is 12.4. The maximum Gasteiger partial charge on any atom is 0.261 e. The molecule has 2 aromatic carbocycles. The SMILES string of the molecule is COc1ccc(OCc2ccccc2Cl)cc1C(=O)Nc1nncs1. The van der Waals surface area contributed by atoms with Crippen LogP contribution in [0.3, 0.4) is 0 Å². The monoisotopic (exact) mass is 375 g/mol. The quantitative estimate of drug-likeness (QED) is 0.704. The van der Waals surface area contributed by atoms with Crippen LogP contribution in [0.2, 0.25) is 5.02 Å². The van der Waals surface area contributed by atoms with E-state index in [9.17, 15) is 4.79 Å². The minimum absolute atomic E-state index is 0.295. The number of methoxy groups -OCH3 is 1. The van der Waals surface area contributed by atoms with Crippen LogP contribution in [0.25, 0.3) is 0 Å². The Morgan fingerprint density at radius 1 is 1.28 bits per heavy atom. The average Bonchev–Trinajstić information content (AvgIpc) is 3.13. The van der Waals surface area contributed by atoms with E-state index < -0.39 is 0 Å². The van der Waals surface area contributed by atoms with Gasteiger partial charge in [0.05, 0.1) is 12.7 Å². The van der Waals surface area contributed by atoms with Crippen molar-refractivity contribution >= 4 is 34.0 Å². The zero-order valence-corrected chi connectivity index (χ0v) is 14.8. The van der Waals surface area contributed by atoms with Gasteiger partial charge in [0, 0.05) is 10.6 Å². The maximum atomic E-state index is 12.4. The molecular formula is C17H14ClN3O3S. The lowest BCUT2D eigenvalue weighted by Gasteiger charge is -2.12. The summed E-state index contributed by atoms with van der Waals surface area (Å²) in [5, 5.41) is 11.2. The van der Waals surface area contributed by atoms with E-state index in [2.05, 4.69) is 15.5 Å². The molecule has 3 rings (SSSR count). The topological polar surface area (TPSA) is 73.3 Å². The summed E-state index contributed by atoms with van der Waals surface area (Å²) in [6, 6.07) is 12.5. The zero-order valence-electron chi connectivity index (χ0n) is 13.2. The summed E-state index contributed by atoms with van der Waals surface area (Å²) in [5.74, 6) is 0.618. The molecule has 0 unspecified atom stereocenters. The standard InChI is InChI=1S/C17H14ClN3O3S/c1-23-15-7-6-12(24-9-11-4-2-3-5-14(11)18)8-13(15)16(22)20-17-21-19-10-25-17/h2-8,10H,9H2,1H3,(H,20,21,22). The van der Waals surface area contributed by atoms with Crippen LogP contribution >= 0.6 is 22.9 Å². The molecule has 1 heterocycles. The molecule has 0 spiro atoms. The summed E-state index contributed by atoms with van der Waals surface area (Å²) in [7, 11) is 1.50.